The summed E-state index contributed by atoms with van der Waals surface area (Å²) in [5, 5.41) is 11.5. The molecule has 4 heteroatoms. The molecule has 0 aliphatic heterocycles. The molecule has 1 amide bonds. The third-order valence-corrected chi connectivity index (χ3v) is 2.91. The van der Waals surface area contributed by atoms with Gasteiger partial charge in [-0.25, -0.2) is 0 Å². The van der Waals surface area contributed by atoms with E-state index in [1.807, 2.05) is 6.07 Å². The second kappa shape index (κ2) is 4.19. The van der Waals surface area contributed by atoms with E-state index in [1.165, 1.54) is 0 Å². The third kappa shape index (κ3) is 2.93. The summed E-state index contributed by atoms with van der Waals surface area (Å²) < 4.78 is 5.35. The number of hydrogen-bond donors (Lipinski definition) is 1. The van der Waals surface area contributed by atoms with Crippen molar-refractivity contribution in [2.45, 2.75) is 50.7 Å². The Morgan fingerprint density at radius 1 is 1.60 bits per heavy atom. The first-order chi connectivity index (χ1) is 6.93. The van der Waals surface area contributed by atoms with Gasteiger partial charge < -0.3 is 10.1 Å². The summed E-state index contributed by atoms with van der Waals surface area (Å²) >= 11 is 0. The summed E-state index contributed by atoms with van der Waals surface area (Å²) in [5.74, 6) is -0.108. The van der Waals surface area contributed by atoms with Gasteiger partial charge in [0, 0.05) is 7.11 Å². The Labute approximate surface area is 90.6 Å². The molecule has 0 spiro atoms. The molecule has 0 heterocycles. The SMILES string of the molecule is COC1(CC(=O)NC(C)(C)C#N)CCC1. The smallest absolute Gasteiger partial charge is 0.224 e. The highest BCUT2D eigenvalue weighted by atomic mass is 16.5. The van der Waals surface area contributed by atoms with Gasteiger partial charge in [-0.2, -0.15) is 5.26 Å². The molecule has 84 valence electrons. The van der Waals surface area contributed by atoms with Crippen LogP contribution in [0, 0.1) is 11.3 Å². The van der Waals surface area contributed by atoms with Gasteiger partial charge in [0.15, 0.2) is 0 Å². The van der Waals surface area contributed by atoms with Crippen molar-refractivity contribution in [3.63, 3.8) is 0 Å². The summed E-state index contributed by atoms with van der Waals surface area (Å²) in [6.45, 7) is 3.37. The fraction of sp³-hybridized carbons (Fsp3) is 0.818. The average Bonchev–Trinajstić information content (AvgIpc) is 2.11. The first kappa shape index (κ1) is 12.0. The van der Waals surface area contributed by atoms with E-state index in [1.54, 1.807) is 21.0 Å². The van der Waals surface area contributed by atoms with E-state index in [0.717, 1.165) is 19.3 Å². The van der Waals surface area contributed by atoms with E-state index in [9.17, 15) is 4.79 Å². The topological polar surface area (TPSA) is 62.1 Å². The number of nitrogens with zero attached hydrogens (tertiary/aromatic N) is 1. The van der Waals surface area contributed by atoms with Crippen molar-refractivity contribution in [3.05, 3.63) is 0 Å². The number of rotatable bonds is 4. The molecular weight excluding hydrogens is 192 g/mol. The lowest BCUT2D eigenvalue weighted by Gasteiger charge is -2.40. The second-order valence-electron chi connectivity index (χ2n) is 4.70. The van der Waals surface area contributed by atoms with Gasteiger partial charge in [0.25, 0.3) is 0 Å². The summed E-state index contributed by atoms with van der Waals surface area (Å²) in [6.07, 6.45) is 3.34. The number of amides is 1. The first-order valence-corrected chi connectivity index (χ1v) is 5.20. The molecule has 0 bridgehead atoms. The van der Waals surface area contributed by atoms with Crippen LogP contribution in [0.3, 0.4) is 0 Å². The Hall–Kier alpha value is -1.08. The second-order valence-corrected chi connectivity index (χ2v) is 4.70. The first-order valence-electron chi connectivity index (χ1n) is 5.20. The molecule has 0 aromatic rings. The normalized spacial score (nSPS) is 18.8. The molecule has 4 nitrogen and oxygen atoms in total. The Morgan fingerprint density at radius 2 is 2.20 bits per heavy atom. The largest absolute Gasteiger partial charge is 0.378 e. The molecule has 1 fully saturated rings. The molecule has 1 aliphatic rings. The maximum atomic E-state index is 11.6. The van der Waals surface area contributed by atoms with Crippen LogP contribution in [-0.2, 0) is 9.53 Å². The number of nitrogens with one attached hydrogen (secondary N) is 1. The fourth-order valence-electron chi connectivity index (χ4n) is 1.74. The van der Waals surface area contributed by atoms with Gasteiger partial charge in [0.2, 0.25) is 5.91 Å². The highest BCUT2D eigenvalue weighted by Gasteiger charge is 2.39. The van der Waals surface area contributed by atoms with E-state index in [4.69, 9.17) is 10.00 Å². The van der Waals surface area contributed by atoms with E-state index < -0.39 is 5.54 Å². The van der Waals surface area contributed by atoms with Crippen LogP contribution in [0.2, 0.25) is 0 Å². The Morgan fingerprint density at radius 3 is 2.53 bits per heavy atom. The van der Waals surface area contributed by atoms with Crippen LogP contribution >= 0.6 is 0 Å². The summed E-state index contributed by atoms with van der Waals surface area (Å²) in [4.78, 5) is 11.6. The average molecular weight is 210 g/mol. The Kier molecular flexibility index (Phi) is 3.35. The van der Waals surface area contributed by atoms with E-state index in [-0.39, 0.29) is 11.5 Å². The lowest BCUT2D eigenvalue weighted by Crippen LogP contribution is -2.48. The molecule has 1 rings (SSSR count). The zero-order chi connectivity index (χ0) is 11.5. The highest BCUT2D eigenvalue weighted by molar-refractivity contribution is 5.78. The lowest BCUT2D eigenvalue weighted by molar-refractivity contribution is -0.135. The van der Waals surface area contributed by atoms with Gasteiger partial charge in [-0.15, -0.1) is 0 Å². The number of carbonyl (C=O) groups excluding carboxylic acids is 1. The van der Waals surface area contributed by atoms with E-state index in [2.05, 4.69) is 5.32 Å². The van der Waals surface area contributed by atoms with Crippen LogP contribution in [0.25, 0.3) is 0 Å². The number of carbonyl (C=O) groups is 1. The quantitative estimate of drug-likeness (QED) is 0.762. The summed E-state index contributed by atoms with van der Waals surface area (Å²) in [5.41, 5.74) is -1.06. The molecule has 0 radical (unpaired) electrons. The van der Waals surface area contributed by atoms with Crippen LogP contribution in [-0.4, -0.2) is 24.2 Å². The van der Waals surface area contributed by atoms with Gasteiger partial charge in [-0.1, -0.05) is 0 Å². The predicted octanol–water partition coefficient (Wildman–Crippen LogP) is 1.36. The predicted molar refractivity (Wildman–Crippen MR) is 56.0 cm³/mol. The molecule has 0 atom stereocenters. The third-order valence-electron chi connectivity index (χ3n) is 2.91. The maximum absolute atomic E-state index is 11.6. The zero-order valence-electron chi connectivity index (χ0n) is 9.59. The van der Waals surface area contributed by atoms with Crippen LogP contribution in [0.4, 0.5) is 0 Å². The van der Waals surface area contributed by atoms with Crippen LogP contribution in [0.5, 0.6) is 0 Å². The lowest BCUT2D eigenvalue weighted by atomic mass is 9.77. The molecule has 0 aromatic carbocycles. The van der Waals surface area contributed by atoms with Crippen molar-refractivity contribution >= 4 is 5.91 Å². The monoisotopic (exact) mass is 210 g/mol. The van der Waals surface area contributed by atoms with Crippen molar-refractivity contribution in [1.82, 2.24) is 5.32 Å². The van der Waals surface area contributed by atoms with Crippen molar-refractivity contribution < 1.29 is 9.53 Å². The summed E-state index contributed by atoms with van der Waals surface area (Å²) in [7, 11) is 1.64. The Balaban J connectivity index is 2.46. The van der Waals surface area contributed by atoms with Crippen LogP contribution in [0.15, 0.2) is 0 Å². The minimum Gasteiger partial charge on any atom is -0.378 e. The molecule has 1 saturated carbocycles. The molecule has 1 aliphatic carbocycles. The number of nitriles is 1. The van der Waals surface area contributed by atoms with Gasteiger partial charge in [0.05, 0.1) is 18.1 Å². The number of hydrogen-bond acceptors (Lipinski definition) is 3. The summed E-state index contributed by atoms with van der Waals surface area (Å²) in [6, 6.07) is 2.04. The molecule has 0 unspecified atom stereocenters. The maximum Gasteiger partial charge on any atom is 0.224 e. The highest BCUT2D eigenvalue weighted by Crippen LogP contribution is 2.37. The minimum atomic E-state index is -0.796. The van der Waals surface area contributed by atoms with Gasteiger partial charge in [0.1, 0.15) is 5.54 Å². The minimum absolute atomic E-state index is 0.108. The van der Waals surface area contributed by atoms with E-state index in [0.29, 0.717) is 6.42 Å². The molecule has 0 aromatic heterocycles. The van der Waals surface area contributed by atoms with Crippen molar-refractivity contribution in [3.8, 4) is 6.07 Å². The molecule has 1 N–H and O–H groups in total. The van der Waals surface area contributed by atoms with Crippen LogP contribution in [0.1, 0.15) is 39.5 Å². The van der Waals surface area contributed by atoms with Gasteiger partial charge >= 0.3 is 0 Å². The number of methoxy groups -OCH3 is 1. The van der Waals surface area contributed by atoms with Crippen molar-refractivity contribution in [2.75, 3.05) is 7.11 Å². The van der Waals surface area contributed by atoms with Gasteiger partial charge in [-0.05, 0) is 33.1 Å². The zero-order valence-corrected chi connectivity index (χ0v) is 9.59. The Bertz CT molecular complexity index is 282. The number of ether oxygens (including phenoxy) is 1. The van der Waals surface area contributed by atoms with E-state index >= 15 is 0 Å². The van der Waals surface area contributed by atoms with Crippen LogP contribution < -0.4 is 5.32 Å². The van der Waals surface area contributed by atoms with Gasteiger partial charge in [-0.3, -0.25) is 4.79 Å². The molecular formula is C11H18N2O2. The van der Waals surface area contributed by atoms with Crippen molar-refractivity contribution in [1.29, 1.82) is 5.26 Å². The molecule has 15 heavy (non-hydrogen) atoms. The molecule has 0 saturated heterocycles. The van der Waals surface area contributed by atoms with Crippen molar-refractivity contribution in [2.24, 2.45) is 0 Å². The standard InChI is InChI=1S/C11H18N2O2/c1-10(2,8-12)13-9(14)7-11(15-3)5-4-6-11/h4-7H2,1-3H3,(H,13,14). The fourth-order valence-corrected chi connectivity index (χ4v) is 1.74.